The van der Waals surface area contributed by atoms with E-state index in [0.29, 0.717) is 13.0 Å². The monoisotopic (exact) mass is 214 g/mol. The molecule has 2 heterocycles. The Morgan fingerprint density at radius 2 is 2.13 bits per heavy atom. The maximum absolute atomic E-state index is 11.3. The Labute approximate surface area is 89.9 Å². The van der Waals surface area contributed by atoms with Crippen LogP contribution in [0, 0.1) is 5.92 Å². The van der Waals surface area contributed by atoms with E-state index < -0.39 is 5.79 Å². The zero-order valence-electron chi connectivity index (χ0n) is 9.49. The highest BCUT2D eigenvalue weighted by molar-refractivity contribution is 5.70. The first-order valence-electron chi connectivity index (χ1n) is 5.47. The predicted molar refractivity (Wildman–Crippen MR) is 53.2 cm³/mol. The molecule has 3 atom stereocenters. The minimum absolute atomic E-state index is 0.00330. The number of cyclic esters (lactones) is 1. The van der Waals surface area contributed by atoms with Crippen molar-refractivity contribution in [3.63, 3.8) is 0 Å². The van der Waals surface area contributed by atoms with Crippen molar-refractivity contribution in [2.75, 3.05) is 6.61 Å². The number of esters is 1. The normalized spacial score (nSPS) is 40.2. The summed E-state index contributed by atoms with van der Waals surface area (Å²) >= 11 is 0. The molecule has 86 valence electrons. The number of carbonyl (C=O) groups excluding carboxylic acids is 1. The predicted octanol–water partition coefficient (Wildman–Crippen LogP) is 1.48. The maximum Gasteiger partial charge on any atom is 0.306 e. The average Bonchev–Trinajstić information content (AvgIpc) is 2.44. The first-order valence-corrected chi connectivity index (χ1v) is 5.47. The van der Waals surface area contributed by atoms with Gasteiger partial charge in [-0.3, -0.25) is 4.79 Å². The third-order valence-corrected chi connectivity index (χ3v) is 2.95. The Balaban J connectivity index is 1.96. The van der Waals surface area contributed by atoms with Gasteiger partial charge in [0, 0.05) is 5.92 Å². The molecule has 0 radical (unpaired) electrons. The van der Waals surface area contributed by atoms with Crippen LogP contribution in [0.5, 0.6) is 0 Å². The molecule has 2 rings (SSSR count). The second kappa shape index (κ2) is 3.76. The zero-order chi connectivity index (χ0) is 11.1. The van der Waals surface area contributed by atoms with Crippen molar-refractivity contribution < 1.29 is 19.0 Å². The lowest BCUT2D eigenvalue weighted by atomic mass is 9.91. The molecule has 2 fully saturated rings. The van der Waals surface area contributed by atoms with Gasteiger partial charge in [-0.1, -0.05) is 0 Å². The van der Waals surface area contributed by atoms with Crippen LogP contribution in [0.15, 0.2) is 0 Å². The molecule has 3 unspecified atom stereocenters. The van der Waals surface area contributed by atoms with Gasteiger partial charge >= 0.3 is 5.97 Å². The van der Waals surface area contributed by atoms with Gasteiger partial charge in [0.15, 0.2) is 5.79 Å². The first kappa shape index (κ1) is 10.9. The molecule has 0 saturated carbocycles. The summed E-state index contributed by atoms with van der Waals surface area (Å²) in [7, 11) is 0. The van der Waals surface area contributed by atoms with Gasteiger partial charge < -0.3 is 14.2 Å². The van der Waals surface area contributed by atoms with Crippen LogP contribution in [-0.2, 0) is 19.0 Å². The Morgan fingerprint density at radius 3 is 2.67 bits per heavy atom. The number of hydrogen-bond acceptors (Lipinski definition) is 4. The summed E-state index contributed by atoms with van der Waals surface area (Å²) in [5.41, 5.74) is 0. The van der Waals surface area contributed by atoms with Crippen LogP contribution >= 0.6 is 0 Å². The molecule has 0 spiro atoms. The first-order chi connectivity index (χ1) is 6.96. The lowest BCUT2D eigenvalue weighted by Gasteiger charge is -2.30. The Hall–Kier alpha value is -0.610. The van der Waals surface area contributed by atoms with Gasteiger partial charge in [0.1, 0.15) is 0 Å². The number of carbonyl (C=O) groups is 1. The highest BCUT2D eigenvalue weighted by atomic mass is 16.7. The molecule has 0 N–H and O–H groups in total. The van der Waals surface area contributed by atoms with E-state index in [1.54, 1.807) is 0 Å². The fraction of sp³-hybridized carbons (Fsp3) is 0.909. The Morgan fingerprint density at radius 1 is 1.40 bits per heavy atom. The van der Waals surface area contributed by atoms with Crippen molar-refractivity contribution in [3.8, 4) is 0 Å². The van der Waals surface area contributed by atoms with E-state index >= 15 is 0 Å². The molecular formula is C11H18O4. The molecule has 0 bridgehead atoms. The molecule has 2 saturated heterocycles. The van der Waals surface area contributed by atoms with Crippen LogP contribution in [0.1, 0.15) is 33.6 Å². The summed E-state index contributed by atoms with van der Waals surface area (Å²) in [6, 6.07) is 0. The highest BCUT2D eigenvalue weighted by Gasteiger charge is 2.40. The van der Waals surface area contributed by atoms with Crippen LogP contribution in [0.2, 0.25) is 0 Å². The second-order valence-electron chi connectivity index (χ2n) is 4.87. The molecule has 0 amide bonds. The maximum atomic E-state index is 11.3. The van der Waals surface area contributed by atoms with Crippen LogP contribution in [0.4, 0.5) is 0 Å². The van der Waals surface area contributed by atoms with Crippen molar-refractivity contribution in [2.24, 2.45) is 5.92 Å². The quantitative estimate of drug-likeness (QED) is 0.620. The number of ether oxygens (including phenoxy) is 3. The minimum atomic E-state index is -0.505. The SMILES string of the molecule is CC1CC(C2COC(C)(C)O2)CC(=O)O1. The van der Waals surface area contributed by atoms with Crippen molar-refractivity contribution >= 4 is 5.97 Å². The topological polar surface area (TPSA) is 44.8 Å². The summed E-state index contributed by atoms with van der Waals surface area (Å²) in [5.74, 6) is -0.384. The van der Waals surface area contributed by atoms with E-state index in [-0.39, 0.29) is 24.1 Å². The molecule has 15 heavy (non-hydrogen) atoms. The van der Waals surface area contributed by atoms with Gasteiger partial charge in [-0.05, 0) is 27.2 Å². The zero-order valence-corrected chi connectivity index (χ0v) is 9.49. The molecular weight excluding hydrogens is 196 g/mol. The van der Waals surface area contributed by atoms with Crippen molar-refractivity contribution in [1.29, 1.82) is 0 Å². The smallest absolute Gasteiger partial charge is 0.306 e. The van der Waals surface area contributed by atoms with Crippen LogP contribution in [-0.4, -0.2) is 30.6 Å². The third kappa shape index (κ3) is 2.49. The Bertz CT molecular complexity index is 261. The van der Waals surface area contributed by atoms with E-state index in [1.807, 2.05) is 20.8 Å². The number of rotatable bonds is 1. The summed E-state index contributed by atoms with van der Waals surface area (Å²) in [4.78, 5) is 11.3. The van der Waals surface area contributed by atoms with Crippen LogP contribution in [0.25, 0.3) is 0 Å². The van der Waals surface area contributed by atoms with Gasteiger partial charge in [-0.2, -0.15) is 0 Å². The van der Waals surface area contributed by atoms with Crippen molar-refractivity contribution in [2.45, 2.75) is 51.6 Å². The molecule has 0 aromatic rings. The lowest BCUT2D eigenvalue weighted by Crippen LogP contribution is -2.36. The van der Waals surface area contributed by atoms with E-state index in [4.69, 9.17) is 14.2 Å². The third-order valence-electron chi connectivity index (χ3n) is 2.95. The van der Waals surface area contributed by atoms with E-state index in [9.17, 15) is 4.79 Å². The Kier molecular flexibility index (Phi) is 2.73. The molecule has 4 heteroatoms. The molecule has 2 aliphatic heterocycles. The molecule has 0 aliphatic carbocycles. The van der Waals surface area contributed by atoms with Gasteiger partial charge in [0.05, 0.1) is 25.2 Å². The number of hydrogen-bond donors (Lipinski definition) is 0. The standard InChI is InChI=1S/C11H18O4/c1-7-4-8(5-10(12)14-7)9-6-13-11(2,3)15-9/h7-9H,4-6H2,1-3H3. The van der Waals surface area contributed by atoms with Crippen molar-refractivity contribution in [1.82, 2.24) is 0 Å². The van der Waals surface area contributed by atoms with Crippen LogP contribution in [0.3, 0.4) is 0 Å². The minimum Gasteiger partial charge on any atom is -0.463 e. The van der Waals surface area contributed by atoms with E-state index in [2.05, 4.69) is 0 Å². The van der Waals surface area contributed by atoms with Gasteiger partial charge in [-0.15, -0.1) is 0 Å². The molecule has 4 nitrogen and oxygen atoms in total. The second-order valence-corrected chi connectivity index (χ2v) is 4.87. The fourth-order valence-electron chi connectivity index (χ4n) is 2.28. The molecule has 0 aromatic heterocycles. The van der Waals surface area contributed by atoms with Crippen LogP contribution < -0.4 is 0 Å². The fourth-order valence-corrected chi connectivity index (χ4v) is 2.28. The lowest BCUT2D eigenvalue weighted by molar-refractivity contribution is -0.167. The van der Waals surface area contributed by atoms with E-state index in [0.717, 1.165) is 6.42 Å². The summed E-state index contributed by atoms with van der Waals surface area (Å²) < 4.78 is 16.3. The summed E-state index contributed by atoms with van der Waals surface area (Å²) in [6.45, 7) is 6.30. The van der Waals surface area contributed by atoms with E-state index in [1.165, 1.54) is 0 Å². The van der Waals surface area contributed by atoms with Gasteiger partial charge in [0.2, 0.25) is 0 Å². The molecule has 2 aliphatic rings. The largest absolute Gasteiger partial charge is 0.463 e. The van der Waals surface area contributed by atoms with Gasteiger partial charge in [0.25, 0.3) is 0 Å². The summed E-state index contributed by atoms with van der Waals surface area (Å²) in [5, 5.41) is 0. The molecule has 0 aromatic carbocycles. The average molecular weight is 214 g/mol. The summed E-state index contributed by atoms with van der Waals surface area (Å²) in [6.07, 6.45) is 1.36. The van der Waals surface area contributed by atoms with Gasteiger partial charge in [-0.25, -0.2) is 0 Å². The highest BCUT2D eigenvalue weighted by Crippen LogP contribution is 2.33. The van der Waals surface area contributed by atoms with Crippen molar-refractivity contribution in [3.05, 3.63) is 0 Å².